The van der Waals surface area contributed by atoms with Gasteiger partial charge in [-0.1, -0.05) is 13.3 Å². The Morgan fingerprint density at radius 2 is 1.89 bits per heavy atom. The largest absolute Gasteiger partial charge is 0.497 e. The summed E-state index contributed by atoms with van der Waals surface area (Å²) in [6.07, 6.45) is 0.593. The van der Waals surface area contributed by atoms with E-state index in [9.17, 15) is 13.2 Å². The first-order valence-corrected chi connectivity index (χ1v) is 7.08. The van der Waals surface area contributed by atoms with Crippen LogP contribution >= 0.6 is 0 Å². The molecule has 1 aromatic carbocycles. The number of hydrogen-bond donors (Lipinski definition) is 1. The maximum absolute atomic E-state index is 12.1. The predicted octanol–water partition coefficient (Wildman–Crippen LogP) is 1.72. The molecule has 1 aromatic rings. The van der Waals surface area contributed by atoms with Crippen molar-refractivity contribution in [2.24, 2.45) is 0 Å². The molecule has 1 atom stereocenters. The van der Waals surface area contributed by atoms with E-state index in [1.807, 2.05) is 0 Å². The summed E-state index contributed by atoms with van der Waals surface area (Å²) in [7, 11) is -2.37. The lowest BCUT2D eigenvalue weighted by Gasteiger charge is -2.12. The van der Waals surface area contributed by atoms with Crippen molar-refractivity contribution in [2.75, 3.05) is 7.11 Å². The Bertz CT molecular complexity index is 504. The fourth-order valence-corrected chi connectivity index (χ4v) is 3.26. The third kappa shape index (κ3) is 3.01. The van der Waals surface area contributed by atoms with Crippen molar-refractivity contribution in [3.63, 3.8) is 0 Å². The molecule has 0 aliphatic rings. The summed E-state index contributed by atoms with van der Waals surface area (Å²) < 4.78 is 29.2. The fraction of sp³-hybridized carbons (Fsp3) is 0.417. The van der Waals surface area contributed by atoms with Crippen molar-refractivity contribution in [1.29, 1.82) is 0 Å². The van der Waals surface area contributed by atoms with E-state index in [1.165, 1.54) is 31.4 Å². The summed E-state index contributed by atoms with van der Waals surface area (Å²) >= 11 is 0. The van der Waals surface area contributed by atoms with Crippen molar-refractivity contribution in [3.05, 3.63) is 24.3 Å². The molecule has 1 unspecified atom stereocenters. The van der Waals surface area contributed by atoms with Gasteiger partial charge < -0.3 is 9.84 Å². The Morgan fingerprint density at radius 3 is 2.28 bits per heavy atom. The van der Waals surface area contributed by atoms with Gasteiger partial charge in [-0.05, 0) is 30.7 Å². The first kappa shape index (κ1) is 14.5. The van der Waals surface area contributed by atoms with Crippen LogP contribution in [-0.2, 0) is 14.6 Å². The van der Waals surface area contributed by atoms with E-state index in [-0.39, 0.29) is 11.3 Å². The minimum Gasteiger partial charge on any atom is -0.497 e. The molecule has 0 fully saturated rings. The Balaban J connectivity index is 3.13. The average Bonchev–Trinajstić information content (AvgIpc) is 2.35. The molecule has 1 rings (SSSR count). The van der Waals surface area contributed by atoms with Crippen molar-refractivity contribution >= 4 is 15.8 Å². The maximum Gasteiger partial charge on any atom is 0.322 e. The quantitative estimate of drug-likeness (QED) is 0.852. The summed E-state index contributed by atoms with van der Waals surface area (Å²) in [5, 5.41) is 7.61. The summed E-state index contributed by atoms with van der Waals surface area (Å²) in [6.45, 7) is 1.75. The number of sulfone groups is 1. The second kappa shape index (κ2) is 5.86. The van der Waals surface area contributed by atoms with Crippen molar-refractivity contribution in [3.8, 4) is 5.75 Å². The molecule has 0 saturated heterocycles. The lowest BCUT2D eigenvalue weighted by atomic mass is 10.2. The van der Waals surface area contributed by atoms with Gasteiger partial charge >= 0.3 is 5.97 Å². The first-order valence-electron chi connectivity index (χ1n) is 5.54. The van der Waals surface area contributed by atoms with Gasteiger partial charge in [-0.15, -0.1) is 0 Å². The molecular weight excluding hydrogens is 256 g/mol. The van der Waals surface area contributed by atoms with Crippen LogP contribution in [0.15, 0.2) is 29.2 Å². The van der Waals surface area contributed by atoms with Crippen molar-refractivity contribution < 1.29 is 23.1 Å². The van der Waals surface area contributed by atoms with Gasteiger partial charge in [-0.25, -0.2) is 8.42 Å². The molecule has 1 N–H and O–H groups in total. The van der Waals surface area contributed by atoms with Crippen LogP contribution in [0.2, 0.25) is 0 Å². The van der Waals surface area contributed by atoms with E-state index < -0.39 is 21.1 Å². The summed E-state index contributed by atoms with van der Waals surface area (Å²) in [4.78, 5) is 11.0. The molecule has 0 aliphatic heterocycles. The zero-order valence-corrected chi connectivity index (χ0v) is 11.1. The number of benzene rings is 1. The minimum absolute atomic E-state index is 0.00384. The van der Waals surface area contributed by atoms with Gasteiger partial charge in [0.15, 0.2) is 15.1 Å². The molecule has 0 amide bonds. The van der Waals surface area contributed by atoms with E-state index in [0.29, 0.717) is 12.2 Å². The molecular formula is C12H16O5S. The highest BCUT2D eigenvalue weighted by Gasteiger charge is 2.32. The smallest absolute Gasteiger partial charge is 0.322 e. The highest BCUT2D eigenvalue weighted by atomic mass is 32.2. The van der Waals surface area contributed by atoms with Crippen LogP contribution in [0.4, 0.5) is 0 Å². The van der Waals surface area contributed by atoms with Gasteiger partial charge in [0.05, 0.1) is 12.0 Å². The van der Waals surface area contributed by atoms with E-state index in [4.69, 9.17) is 9.84 Å². The van der Waals surface area contributed by atoms with E-state index in [0.717, 1.165) is 0 Å². The monoisotopic (exact) mass is 272 g/mol. The molecule has 0 heterocycles. The van der Waals surface area contributed by atoms with Gasteiger partial charge in [0.25, 0.3) is 0 Å². The molecule has 0 radical (unpaired) electrons. The summed E-state index contributed by atoms with van der Waals surface area (Å²) in [6, 6.07) is 5.72. The lowest BCUT2D eigenvalue weighted by Crippen LogP contribution is -2.30. The fourth-order valence-electron chi connectivity index (χ4n) is 1.60. The molecule has 0 aliphatic carbocycles. The molecule has 0 spiro atoms. The van der Waals surface area contributed by atoms with E-state index in [2.05, 4.69) is 0 Å². The number of ether oxygens (including phenoxy) is 1. The third-order valence-corrected chi connectivity index (χ3v) is 4.70. The summed E-state index contributed by atoms with van der Waals surface area (Å²) in [5.74, 6) is -0.788. The second-order valence-electron chi connectivity index (χ2n) is 3.84. The normalized spacial score (nSPS) is 13.0. The zero-order valence-electron chi connectivity index (χ0n) is 10.3. The van der Waals surface area contributed by atoms with Crippen LogP contribution in [0.3, 0.4) is 0 Å². The van der Waals surface area contributed by atoms with E-state index in [1.54, 1.807) is 6.92 Å². The van der Waals surface area contributed by atoms with Gasteiger partial charge in [-0.3, -0.25) is 4.79 Å². The van der Waals surface area contributed by atoms with Gasteiger partial charge in [0, 0.05) is 0 Å². The first-order chi connectivity index (χ1) is 8.43. The number of carboxylic acid groups (broad SMARTS) is 1. The minimum atomic E-state index is -3.84. The Labute approximate surface area is 106 Å². The predicted molar refractivity (Wildman–Crippen MR) is 66.5 cm³/mol. The molecule has 5 nitrogen and oxygen atoms in total. The number of aliphatic carboxylic acids is 1. The van der Waals surface area contributed by atoms with Crippen LogP contribution < -0.4 is 4.74 Å². The lowest BCUT2D eigenvalue weighted by molar-refractivity contribution is -0.136. The van der Waals surface area contributed by atoms with Crippen LogP contribution in [0.1, 0.15) is 19.8 Å². The molecule has 6 heteroatoms. The van der Waals surface area contributed by atoms with E-state index >= 15 is 0 Å². The van der Waals surface area contributed by atoms with Crippen molar-refractivity contribution in [2.45, 2.75) is 29.9 Å². The molecule has 100 valence electrons. The Kier molecular flexibility index (Phi) is 4.72. The van der Waals surface area contributed by atoms with Gasteiger partial charge in [-0.2, -0.15) is 0 Å². The highest BCUT2D eigenvalue weighted by Crippen LogP contribution is 2.22. The van der Waals surface area contributed by atoms with Gasteiger partial charge in [0.1, 0.15) is 5.75 Å². The average molecular weight is 272 g/mol. The number of methoxy groups -OCH3 is 1. The number of hydrogen-bond acceptors (Lipinski definition) is 4. The Hall–Kier alpha value is -1.56. The zero-order chi connectivity index (χ0) is 13.8. The van der Waals surface area contributed by atoms with Crippen LogP contribution in [0.25, 0.3) is 0 Å². The molecule has 0 aromatic heterocycles. The SMILES string of the molecule is CCCC(C(=O)O)S(=O)(=O)c1ccc(OC)cc1. The number of carbonyl (C=O) groups is 1. The van der Waals surface area contributed by atoms with Crippen LogP contribution in [0.5, 0.6) is 5.75 Å². The summed E-state index contributed by atoms with van der Waals surface area (Å²) in [5.41, 5.74) is 0. The third-order valence-electron chi connectivity index (χ3n) is 2.59. The van der Waals surface area contributed by atoms with Crippen LogP contribution in [0, 0.1) is 0 Å². The number of rotatable bonds is 6. The van der Waals surface area contributed by atoms with Crippen molar-refractivity contribution in [1.82, 2.24) is 0 Å². The molecule has 0 bridgehead atoms. The Morgan fingerprint density at radius 1 is 1.33 bits per heavy atom. The number of carboxylic acids is 1. The molecule has 0 saturated carbocycles. The van der Waals surface area contributed by atoms with Crippen LogP contribution in [-0.4, -0.2) is 31.9 Å². The topological polar surface area (TPSA) is 80.7 Å². The second-order valence-corrected chi connectivity index (χ2v) is 5.97. The molecule has 18 heavy (non-hydrogen) atoms. The maximum atomic E-state index is 12.1. The standard InChI is InChI=1S/C12H16O5S/c1-3-4-11(12(13)14)18(15,16)10-7-5-9(17-2)6-8-10/h5-8,11H,3-4H2,1-2H3,(H,13,14). The highest BCUT2D eigenvalue weighted by molar-refractivity contribution is 7.92. The van der Waals surface area contributed by atoms with Gasteiger partial charge in [0.2, 0.25) is 0 Å².